The minimum atomic E-state index is -1.03. The van der Waals surface area contributed by atoms with Gasteiger partial charge in [-0.2, -0.15) is 0 Å². The lowest BCUT2D eigenvalue weighted by molar-refractivity contribution is -0.115. The zero-order chi connectivity index (χ0) is 20.0. The van der Waals surface area contributed by atoms with Crippen molar-refractivity contribution in [2.75, 3.05) is 11.9 Å². The van der Waals surface area contributed by atoms with Crippen LogP contribution < -0.4 is 10.6 Å². The molecule has 0 aliphatic carbocycles. The molecule has 2 amide bonds. The van der Waals surface area contributed by atoms with E-state index in [1.54, 1.807) is 30.3 Å². The van der Waals surface area contributed by atoms with Crippen molar-refractivity contribution < 1.29 is 19.5 Å². The molecule has 6 nitrogen and oxygen atoms in total. The first-order chi connectivity index (χ1) is 12.8. The second kappa shape index (κ2) is 8.98. The van der Waals surface area contributed by atoms with Crippen LogP contribution in [0, 0.1) is 12.8 Å². The summed E-state index contributed by atoms with van der Waals surface area (Å²) < 4.78 is 0. The fraction of sp³-hybridized carbons (Fsp3) is 0.286. The zero-order valence-electron chi connectivity index (χ0n) is 15.7. The predicted molar refractivity (Wildman–Crippen MR) is 104 cm³/mol. The molecule has 0 fully saturated rings. The monoisotopic (exact) mass is 368 g/mol. The van der Waals surface area contributed by atoms with E-state index in [1.807, 2.05) is 20.8 Å². The van der Waals surface area contributed by atoms with Crippen molar-refractivity contribution in [1.82, 2.24) is 5.32 Å². The summed E-state index contributed by atoms with van der Waals surface area (Å²) in [5.41, 5.74) is 2.71. The van der Waals surface area contributed by atoms with Crippen LogP contribution in [0.15, 0.2) is 42.5 Å². The topological polar surface area (TPSA) is 95.5 Å². The molecule has 0 aliphatic rings. The zero-order valence-corrected chi connectivity index (χ0v) is 15.7. The SMILES string of the molecule is Cc1cc(C(=O)NCC(C)C)ccc1NC(=O)Cc1cccc(C(=O)O)c1. The van der Waals surface area contributed by atoms with E-state index in [9.17, 15) is 14.4 Å². The Morgan fingerprint density at radius 2 is 1.78 bits per heavy atom. The Balaban J connectivity index is 2.02. The normalized spacial score (nSPS) is 10.5. The third-order valence-electron chi connectivity index (χ3n) is 3.97. The minimum absolute atomic E-state index is 0.0667. The molecule has 0 aliphatic heterocycles. The molecule has 0 aromatic heterocycles. The molecule has 2 aromatic rings. The number of benzene rings is 2. The van der Waals surface area contributed by atoms with Crippen molar-refractivity contribution in [3.05, 3.63) is 64.7 Å². The van der Waals surface area contributed by atoms with Crippen LogP contribution in [0.1, 0.15) is 45.7 Å². The molecule has 27 heavy (non-hydrogen) atoms. The van der Waals surface area contributed by atoms with Crippen molar-refractivity contribution in [3.63, 3.8) is 0 Å². The predicted octanol–water partition coefficient (Wildman–Crippen LogP) is 3.26. The molecule has 0 spiro atoms. The number of aromatic carboxylic acids is 1. The third-order valence-corrected chi connectivity index (χ3v) is 3.97. The summed E-state index contributed by atoms with van der Waals surface area (Å²) in [6.45, 7) is 6.47. The molecule has 2 rings (SSSR count). The molecule has 6 heteroatoms. The van der Waals surface area contributed by atoms with E-state index in [4.69, 9.17) is 5.11 Å². The summed E-state index contributed by atoms with van der Waals surface area (Å²) in [4.78, 5) is 35.4. The Kier molecular flexibility index (Phi) is 6.71. The van der Waals surface area contributed by atoms with Gasteiger partial charge in [0.05, 0.1) is 12.0 Å². The van der Waals surface area contributed by atoms with Crippen molar-refractivity contribution >= 4 is 23.5 Å². The Morgan fingerprint density at radius 1 is 1.04 bits per heavy atom. The van der Waals surface area contributed by atoms with Crippen LogP contribution in [0.25, 0.3) is 0 Å². The van der Waals surface area contributed by atoms with Gasteiger partial charge >= 0.3 is 5.97 Å². The largest absolute Gasteiger partial charge is 0.478 e. The van der Waals surface area contributed by atoms with Crippen molar-refractivity contribution in [3.8, 4) is 0 Å². The molecule has 0 saturated heterocycles. The first kappa shape index (κ1) is 20.2. The summed E-state index contributed by atoms with van der Waals surface area (Å²) in [7, 11) is 0. The van der Waals surface area contributed by atoms with Crippen molar-refractivity contribution in [2.24, 2.45) is 5.92 Å². The molecule has 0 heterocycles. The number of amides is 2. The molecular weight excluding hydrogens is 344 g/mol. The lowest BCUT2D eigenvalue weighted by Crippen LogP contribution is -2.27. The van der Waals surface area contributed by atoms with Gasteiger partial charge in [0.2, 0.25) is 5.91 Å². The molecule has 3 N–H and O–H groups in total. The Labute approximate surface area is 158 Å². The molecule has 0 radical (unpaired) electrons. The molecular formula is C21H24N2O4. The lowest BCUT2D eigenvalue weighted by atomic mass is 10.1. The number of carboxylic acids is 1. The van der Waals surface area contributed by atoms with Gasteiger partial charge in [0.15, 0.2) is 0 Å². The number of hydrogen-bond donors (Lipinski definition) is 3. The number of nitrogens with one attached hydrogen (secondary N) is 2. The number of carboxylic acid groups (broad SMARTS) is 1. The van der Waals surface area contributed by atoms with E-state index in [-0.39, 0.29) is 23.8 Å². The maximum atomic E-state index is 12.3. The second-order valence-corrected chi connectivity index (χ2v) is 6.86. The van der Waals surface area contributed by atoms with Gasteiger partial charge in [-0.05, 0) is 54.3 Å². The number of hydrogen-bond acceptors (Lipinski definition) is 3. The number of rotatable bonds is 7. The van der Waals surface area contributed by atoms with Crippen LogP contribution in [-0.4, -0.2) is 29.4 Å². The first-order valence-electron chi connectivity index (χ1n) is 8.77. The summed E-state index contributed by atoms with van der Waals surface area (Å²) in [5.74, 6) is -1.06. The van der Waals surface area contributed by atoms with Gasteiger partial charge in [-0.15, -0.1) is 0 Å². The minimum Gasteiger partial charge on any atom is -0.478 e. The fourth-order valence-electron chi connectivity index (χ4n) is 2.54. The number of carbonyl (C=O) groups excluding carboxylic acids is 2. The average Bonchev–Trinajstić information content (AvgIpc) is 2.61. The van der Waals surface area contributed by atoms with Gasteiger partial charge in [0, 0.05) is 17.8 Å². The first-order valence-corrected chi connectivity index (χ1v) is 8.77. The summed E-state index contributed by atoms with van der Waals surface area (Å²) in [6, 6.07) is 11.4. The Bertz CT molecular complexity index is 859. The highest BCUT2D eigenvalue weighted by atomic mass is 16.4. The van der Waals surface area contributed by atoms with Gasteiger partial charge in [-0.1, -0.05) is 26.0 Å². The van der Waals surface area contributed by atoms with Crippen LogP contribution in [0.2, 0.25) is 0 Å². The molecule has 142 valence electrons. The van der Waals surface area contributed by atoms with Crippen LogP contribution in [-0.2, 0) is 11.2 Å². The molecule has 0 unspecified atom stereocenters. The van der Waals surface area contributed by atoms with E-state index >= 15 is 0 Å². The second-order valence-electron chi connectivity index (χ2n) is 6.86. The molecule has 0 saturated carbocycles. The third kappa shape index (κ3) is 5.95. The highest BCUT2D eigenvalue weighted by molar-refractivity contribution is 5.97. The fourth-order valence-corrected chi connectivity index (χ4v) is 2.54. The van der Waals surface area contributed by atoms with Crippen LogP contribution in [0.5, 0.6) is 0 Å². The van der Waals surface area contributed by atoms with Crippen molar-refractivity contribution in [2.45, 2.75) is 27.2 Å². The molecule has 0 bridgehead atoms. The maximum Gasteiger partial charge on any atom is 0.335 e. The van der Waals surface area contributed by atoms with E-state index < -0.39 is 5.97 Å². The van der Waals surface area contributed by atoms with E-state index in [2.05, 4.69) is 10.6 Å². The van der Waals surface area contributed by atoms with E-state index in [0.717, 1.165) is 5.56 Å². The van der Waals surface area contributed by atoms with Crippen LogP contribution in [0.3, 0.4) is 0 Å². The van der Waals surface area contributed by atoms with Gasteiger partial charge in [-0.25, -0.2) is 4.79 Å². The average molecular weight is 368 g/mol. The molecule has 2 aromatic carbocycles. The van der Waals surface area contributed by atoms with Crippen LogP contribution >= 0.6 is 0 Å². The van der Waals surface area contributed by atoms with Gasteiger partial charge < -0.3 is 15.7 Å². The smallest absolute Gasteiger partial charge is 0.335 e. The van der Waals surface area contributed by atoms with Gasteiger partial charge in [-0.3, -0.25) is 9.59 Å². The van der Waals surface area contributed by atoms with E-state index in [0.29, 0.717) is 29.3 Å². The maximum absolute atomic E-state index is 12.3. The van der Waals surface area contributed by atoms with Crippen LogP contribution in [0.4, 0.5) is 5.69 Å². The highest BCUT2D eigenvalue weighted by Gasteiger charge is 2.11. The van der Waals surface area contributed by atoms with Gasteiger partial charge in [0.25, 0.3) is 5.91 Å². The number of anilines is 1. The summed E-state index contributed by atoms with van der Waals surface area (Å²) in [5, 5.41) is 14.7. The summed E-state index contributed by atoms with van der Waals surface area (Å²) >= 11 is 0. The highest BCUT2D eigenvalue weighted by Crippen LogP contribution is 2.17. The number of carbonyl (C=O) groups is 3. The van der Waals surface area contributed by atoms with Gasteiger partial charge in [0.1, 0.15) is 0 Å². The Hall–Kier alpha value is -3.15. The lowest BCUT2D eigenvalue weighted by Gasteiger charge is -2.12. The number of aryl methyl sites for hydroxylation is 1. The standard InChI is InChI=1S/C21H24N2O4/c1-13(2)12-22-20(25)16-7-8-18(14(3)9-16)23-19(24)11-15-5-4-6-17(10-15)21(26)27/h4-10,13H,11-12H2,1-3H3,(H,22,25)(H,23,24)(H,26,27). The summed E-state index contributed by atoms with van der Waals surface area (Å²) in [6.07, 6.45) is 0.0667. The Morgan fingerprint density at radius 3 is 2.41 bits per heavy atom. The quantitative estimate of drug-likeness (QED) is 0.699. The van der Waals surface area contributed by atoms with E-state index in [1.165, 1.54) is 12.1 Å². The molecule has 0 atom stereocenters. The van der Waals surface area contributed by atoms with Crippen molar-refractivity contribution in [1.29, 1.82) is 0 Å².